The lowest BCUT2D eigenvalue weighted by Gasteiger charge is -2.30. The molecule has 1 fully saturated rings. The third-order valence-corrected chi connectivity index (χ3v) is 3.93. The minimum atomic E-state index is -0.507. The van der Waals surface area contributed by atoms with Gasteiger partial charge >= 0.3 is 0 Å². The molecule has 3 N–H and O–H groups in total. The number of hydrogen-bond donors (Lipinski definition) is 2. The molecule has 0 radical (unpaired) electrons. The zero-order chi connectivity index (χ0) is 14.1. The number of fused-ring (bicyclic) bond motifs is 1. The number of amides is 1. The van der Waals surface area contributed by atoms with Gasteiger partial charge in [-0.25, -0.2) is 0 Å². The molecule has 2 atom stereocenters. The van der Waals surface area contributed by atoms with Gasteiger partial charge in [0.05, 0.1) is 12.7 Å². The van der Waals surface area contributed by atoms with Crippen LogP contribution in [-0.2, 0) is 4.74 Å². The van der Waals surface area contributed by atoms with Crippen molar-refractivity contribution in [2.75, 3.05) is 13.2 Å². The standard InChI is InChI=1S/C16H17NO3/c17-16(19)12-6-5-10-3-1-2-4-11(10)15(12)13-9-20-8-7-14(13)18/h1-6,13-14,18H,7-9H2,(H2,17,19)/t13-,14-/m1/s1. The van der Waals surface area contributed by atoms with E-state index in [0.717, 1.165) is 16.3 Å². The Hall–Kier alpha value is -1.91. The molecule has 20 heavy (non-hydrogen) atoms. The summed E-state index contributed by atoms with van der Waals surface area (Å²) in [6.07, 6.45) is 0.0687. The molecule has 0 bridgehead atoms. The molecule has 104 valence electrons. The molecule has 2 aromatic rings. The predicted molar refractivity (Wildman–Crippen MR) is 76.6 cm³/mol. The van der Waals surface area contributed by atoms with Gasteiger partial charge in [0.1, 0.15) is 0 Å². The molecule has 4 heteroatoms. The van der Waals surface area contributed by atoms with Crippen molar-refractivity contribution in [3.8, 4) is 0 Å². The number of aliphatic hydroxyl groups is 1. The average Bonchev–Trinajstić information content (AvgIpc) is 2.46. The van der Waals surface area contributed by atoms with E-state index in [4.69, 9.17) is 10.5 Å². The molecule has 0 spiro atoms. The van der Waals surface area contributed by atoms with Crippen molar-refractivity contribution < 1.29 is 14.6 Å². The predicted octanol–water partition coefficient (Wildman–Crippen LogP) is 1.80. The van der Waals surface area contributed by atoms with Crippen LogP contribution in [0.4, 0.5) is 0 Å². The summed E-state index contributed by atoms with van der Waals surface area (Å²) in [6, 6.07) is 11.4. The second-order valence-electron chi connectivity index (χ2n) is 5.15. The summed E-state index contributed by atoms with van der Waals surface area (Å²) in [7, 11) is 0. The van der Waals surface area contributed by atoms with Crippen molar-refractivity contribution in [3.63, 3.8) is 0 Å². The summed E-state index contributed by atoms with van der Waals surface area (Å²) < 4.78 is 5.48. The molecule has 0 saturated carbocycles. The Morgan fingerprint density at radius 3 is 2.80 bits per heavy atom. The Balaban J connectivity index is 2.24. The largest absolute Gasteiger partial charge is 0.392 e. The Morgan fingerprint density at radius 2 is 2.05 bits per heavy atom. The van der Waals surface area contributed by atoms with Crippen molar-refractivity contribution in [1.82, 2.24) is 0 Å². The average molecular weight is 271 g/mol. The first kappa shape index (κ1) is 13.1. The van der Waals surface area contributed by atoms with E-state index in [1.54, 1.807) is 6.07 Å². The van der Waals surface area contributed by atoms with Crippen molar-refractivity contribution in [3.05, 3.63) is 47.5 Å². The number of rotatable bonds is 2. The van der Waals surface area contributed by atoms with Gasteiger partial charge in [0.2, 0.25) is 5.91 Å². The van der Waals surface area contributed by atoms with Crippen LogP contribution in [0.3, 0.4) is 0 Å². The van der Waals surface area contributed by atoms with Gasteiger partial charge in [-0.1, -0.05) is 30.3 Å². The fourth-order valence-corrected chi connectivity index (χ4v) is 2.91. The monoisotopic (exact) mass is 271 g/mol. The molecule has 3 rings (SSSR count). The van der Waals surface area contributed by atoms with Gasteiger partial charge in [-0.15, -0.1) is 0 Å². The zero-order valence-corrected chi connectivity index (χ0v) is 11.1. The molecule has 1 aliphatic heterocycles. The molecule has 0 unspecified atom stereocenters. The van der Waals surface area contributed by atoms with E-state index in [9.17, 15) is 9.90 Å². The molecule has 1 heterocycles. The fraction of sp³-hybridized carbons (Fsp3) is 0.312. The summed E-state index contributed by atoms with van der Waals surface area (Å²) in [5.74, 6) is -0.680. The summed E-state index contributed by atoms with van der Waals surface area (Å²) in [4.78, 5) is 11.7. The molecule has 2 aromatic carbocycles. The summed E-state index contributed by atoms with van der Waals surface area (Å²) in [5, 5.41) is 12.2. The summed E-state index contributed by atoms with van der Waals surface area (Å²) >= 11 is 0. The first-order chi connectivity index (χ1) is 9.68. The van der Waals surface area contributed by atoms with E-state index in [1.807, 2.05) is 30.3 Å². The molecule has 1 saturated heterocycles. The molecule has 1 aliphatic rings. The number of aliphatic hydroxyl groups excluding tert-OH is 1. The maximum absolute atomic E-state index is 11.7. The van der Waals surface area contributed by atoms with Gasteiger partial charge in [0.15, 0.2) is 0 Å². The Kier molecular flexibility index (Phi) is 3.42. The number of carbonyl (C=O) groups is 1. The molecular formula is C16H17NO3. The first-order valence-corrected chi connectivity index (χ1v) is 6.75. The van der Waals surface area contributed by atoms with Gasteiger partial charge in [-0.2, -0.15) is 0 Å². The van der Waals surface area contributed by atoms with E-state index < -0.39 is 12.0 Å². The van der Waals surface area contributed by atoms with Crippen LogP contribution in [0, 0.1) is 0 Å². The quantitative estimate of drug-likeness (QED) is 0.874. The third-order valence-electron chi connectivity index (χ3n) is 3.93. The smallest absolute Gasteiger partial charge is 0.249 e. The van der Waals surface area contributed by atoms with Crippen molar-refractivity contribution in [1.29, 1.82) is 0 Å². The molecule has 4 nitrogen and oxygen atoms in total. The molecule has 0 aromatic heterocycles. The maximum atomic E-state index is 11.7. The van der Waals surface area contributed by atoms with Gasteiger partial charge < -0.3 is 15.6 Å². The summed E-state index contributed by atoms with van der Waals surface area (Å²) in [5.41, 5.74) is 6.78. The van der Waals surface area contributed by atoms with Crippen LogP contribution in [0.1, 0.15) is 28.3 Å². The third kappa shape index (κ3) is 2.17. The Bertz CT molecular complexity index is 653. The van der Waals surface area contributed by atoms with Crippen molar-refractivity contribution >= 4 is 16.7 Å². The van der Waals surface area contributed by atoms with Gasteiger partial charge in [0, 0.05) is 18.1 Å². The lowest BCUT2D eigenvalue weighted by Crippen LogP contribution is -2.32. The number of ether oxygens (including phenoxy) is 1. The van der Waals surface area contributed by atoms with Crippen LogP contribution in [0.5, 0.6) is 0 Å². The van der Waals surface area contributed by atoms with Crippen molar-refractivity contribution in [2.24, 2.45) is 5.73 Å². The van der Waals surface area contributed by atoms with E-state index >= 15 is 0 Å². The lowest BCUT2D eigenvalue weighted by atomic mass is 9.84. The normalized spacial score (nSPS) is 22.9. The number of primary amides is 1. The molecular weight excluding hydrogens is 254 g/mol. The highest BCUT2D eigenvalue weighted by molar-refractivity contribution is 6.01. The van der Waals surface area contributed by atoms with Gasteiger partial charge in [-0.3, -0.25) is 4.79 Å². The van der Waals surface area contributed by atoms with E-state index in [1.165, 1.54) is 0 Å². The van der Waals surface area contributed by atoms with Crippen LogP contribution in [0.2, 0.25) is 0 Å². The van der Waals surface area contributed by atoms with Crippen molar-refractivity contribution in [2.45, 2.75) is 18.4 Å². The first-order valence-electron chi connectivity index (χ1n) is 6.75. The van der Waals surface area contributed by atoms with Crippen LogP contribution in [0.15, 0.2) is 36.4 Å². The highest BCUT2D eigenvalue weighted by Gasteiger charge is 2.29. The molecule has 0 aliphatic carbocycles. The number of carbonyl (C=O) groups excluding carboxylic acids is 1. The number of hydrogen-bond acceptors (Lipinski definition) is 3. The molecule has 1 amide bonds. The fourth-order valence-electron chi connectivity index (χ4n) is 2.91. The van der Waals surface area contributed by atoms with Crippen LogP contribution in [-0.4, -0.2) is 30.3 Å². The highest BCUT2D eigenvalue weighted by atomic mass is 16.5. The maximum Gasteiger partial charge on any atom is 0.249 e. The van der Waals surface area contributed by atoms with Gasteiger partial charge in [0.25, 0.3) is 0 Å². The van der Waals surface area contributed by atoms with E-state index in [0.29, 0.717) is 25.2 Å². The van der Waals surface area contributed by atoms with E-state index in [-0.39, 0.29) is 5.92 Å². The second-order valence-corrected chi connectivity index (χ2v) is 5.15. The lowest BCUT2D eigenvalue weighted by molar-refractivity contribution is -0.00565. The van der Waals surface area contributed by atoms with E-state index in [2.05, 4.69) is 0 Å². The highest BCUT2D eigenvalue weighted by Crippen LogP contribution is 2.34. The van der Waals surface area contributed by atoms with Crippen LogP contribution in [0.25, 0.3) is 10.8 Å². The zero-order valence-electron chi connectivity index (χ0n) is 11.1. The SMILES string of the molecule is NC(=O)c1ccc2ccccc2c1[C@@H]1COCC[C@H]1O. The second kappa shape index (κ2) is 5.23. The summed E-state index contributed by atoms with van der Waals surface area (Å²) in [6.45, 7) is 0.962. The Morgan fingerprint density at radius 1 is 1.25 bits per heavy atom. The van der Waals surface area contributed by atoms with Gasteiger partial charge in [-0.05, 0) is 28.8 Å². The minimum Gasteiger partial charge on any atom is -0.392 e. The minimum absolute atomic E-state index is 0.211. The van der Waals surface area contributed by atoms with Crippen LogP contribution < -0.4 is 5.73 Å². The number of nitrogens with two attached hydrogens (primary N) is 1. The van der Waals surface area contributed by atoms with Crippen LogP contribution >= 0.6 is 0 Å². The number of benzene rings is 2. The Labute approximate surface area is 117 Å². The topological polar surface area (TPSA) is 72.6 Å².